The van der Waals surface area contributed by atoms with Gasteiger partial charge in [-0.2, -0.15) is 0 Å². The van der Waals surface area contributed by atoms with E-state index < -0.39 is 6.09 Å². The molecule has 0 saturated carbocycles. The third kappa shape index (κ3) is 7.07. The lowest BCUT2D eigenvalue weighted by Gasteiger charge is -2.09. The van der Waals surface area contributed by atoms with E-state index in [1.165, 1.54) is 0 Å². The maximum Gasteiger partial charge on any atom is 0.410 e. The van der Waals surface area contributed by atoms with Crippen molar-refractivity contribution in [1.29, 1.82) is 0 Å². The fourth-order valence-corrected chi connectivity index (χ4v) is 2.07. The first kappa shape index (κ1) is 21.6. The van der Waals surface area contributed by atoms with Gasteiger partial charge in [0.2, 0.25) is 12.7 Å². The van der Waals surface area contributed by atoms with Crippen molar-refractivity contribution in [3.05, 3.63) is 36.4 Å². The van der Waals surface area contributed by atoms with E-state index in [9.17, 15) is 9.59 Å². The molecular weight excluding hydrogens is 378 g/mol. The lowest BCUT2D eigenvalue weighted by molar-refractivity contribution is -0.116. The molecule has 11 heteroatoms. The molecule has 0 bridgehead atoms. The molecule has 1 aromatic heterocycles. The number of azo groups is 1. The van der Waals surface area contributed by atoms with Crippen molar-refractivity contribution in [3.8, 4) is 5.75 Å². The number of nitrogen functional groups attached to an aromatic ring is 1. The maximum atomic E-state index is 11.6. The van der Waals surface area contributed by atoms with Gasteiger partial charge in [0.1, 0.15) is 17.2 Å². The smallest absolute Gasteiger partial charge is 0.410 e. The summed E-state index contributed by atoms with van der Waals surface area (Å²) < 4.78 is 10.3. The Hall–Kier alpha value is -3.73. The molecule has 6 N–H and O–H groups in total. The third-order valence-corrected chi connectivity index (χ3v) is 3.40. The second-order valence-corrected chi connectivity index (χ2v) is 5.58. The average Bonchev–Trinajstić information content (AvgIpc) is 2.68. The molecule has 0 aliphatic heterocycles. The van der Waals surface area contributed by atoms with E-state index in [0.29, 0.717) is 29.5 Å². The van der Waals surface area contributed by atoms with Crippen molar-refractivity contribution >= 4 is 35.0 Å². The molecule has 0 saturated heterocycles. The van der Waals surface area contributed by atoms with Crippen molar-refractivity contribution in [2.75, 3.05) is 30.9 Å². The van der Waals surface area contributed by atoms with Crippen LogP contribution in [-0.4, -0.2) is 36.9 Å². The Kier molecular flexibility index (Phi) is 8.32. The van der Waals surface area contributed by atoms with Crippen molar-refractivity contribution in [1.82, 2.24) is 10.3 Å². The summed E-state index contributed by atoms with van der Waals surface area (Å²) >= 11 is 0. The predicted molar refractivity (Wildman–Crippen MR) is 107 cm³/mol. The zero-order valence-electron chi connectivity index (χ0n) is 15.9. The summed E-state index contributed by atoms with van der Waals surface area (Å²) in [5, 5.41) is 13.3. The van der Waals surface area contributed by atoms with E-state index in [1.54, 1.807) is 43.3 Å². The number of pyridine rings is 1. The highest BCUT2D eigenvalue weighted by Crippen LogP contribution is 2.30. The van der Waals surface area contributed by atoms with Gasteiger partial charge in [0.25, 0.3) is 0 Å². The van der Waals surface area contributed by atoms with Gasteiger partial charge in [-0.05, 0) is 31.2 Å². The number of amides is 2. The summed E-state index contributed by atoms with van der Waals surface area (Å²) in [6, 6.07) is 9.97. The summed E-state index contributed by atoms with van der Waals surface area (Å²) in [5.74, 6) is 0.510. The van der Waals surface area contributed by atoms with Gasteiger partial charge < -0.3 is 31.6 Å². The van der Waals surface area contributed by atoms with Gasteiger partial charge in [0, 0.05) is 19.5 Å². The zero-order chi connectivity index (χ0) is 21.1. The summed E-state index contributed by atoms with van der Waals surface area (Å²) in [6.07, 6.45) is -0.395. The Morgan fingerprint density at radius 3 is 2.62 bits per heavy atom. The molecule has 1 aromatic carbocycles. The number of carbonyl (C=O) groups excluding carboxylic acids is 2. The lowest BCUT2D eigenvalue weighted by atomic mass is 10.3. The largest absolute Gasteiger partial charge is 0.455 e. The van der Waals surface area contributed by atoms with Gasteiger partial charge in [0.05, 0.1) is 0 Å². The molecule has 154 valence electrons. The SMILES string of the molecule is CCNC(=O)OCOc1ccccc1N=Nc1ccc(NC(=O)CCN)nc1N. The van der Waals surface area contributed by atoms with Crippen molar-refractivity contribution in [2.45, 2.75) is 13.3 Å². The van der Waals surface area contributed by atoms with Gasteiger partial charge in [-0.3, -0.25) is 4.79 Å². The number of nitrogens with two attached hydrogens (primary N) is 2. The van der Waals surface area contributed by atoms with E-state index in [1.807, 2.05) is 0 Å². The minimum atomic E-state index is -0.580. The van der Waals surface area contributed by atoms with Gasteiger partial charge >= 0.3 is 6.09 Å². The molecule has 2 aromatic rings. The second-order valence-electron chi connectivity index (χ2n) is 5.58. The van der Waals surface area contributed by atoms with E-state index in [4.69, 9.17) is 20.9 Å². The summed E-state index contributed by atoms with van der Waals surface area (Å²) in [7, 11) is 0. The second kappa shape index (κ2) is 11.2. The minimum Gasteiger partial charge on any atom is -0.455 e. The Morgan fingerprint density at radius 2 is 1.90 bits per heavy atom. The molecule has 1 heterocycles. The molecule has 0 aliphatic rings. The Bertz CT molecular complexity index is 873. The molecule has 11 nitrogen and oxygen atoms in total. The highest BCUT2D eigenvalue weighted by Gasteiger charge is 2.07. The van der Waals surface area contributed by atoms with E-state index in [-0.39, 0.29) is 31.5 Å². The highest BCUT2D eigenvalue weighted by atomic mass is 16.7. The van der Waals surface area contributed by atoms with Gasteiger partial charge in [0.15, 0.2) is 11.6 Å². The minimum absolute atomic E-state index is 0.0947. The van der Waals surface area contributed by atoms with Crippen LogP contribution in [0.15, 0.2) is 46.6 Å². The maximum absolute atomic E-state index is 11.6. The van der Waals surface area contributed by atoms with Crippen LogP contribution in [0.3, 0.4) is 0 Å². The molecule has 0 unspecified atom stereocenters. The van der Waals surface area contributed by atoms with Crippen LogP contribution in [0.2, 0.25) is 0 Å². The van der Waals surface area contributed by atoms with E-state index in [0.717, 1.165) is 0 Å². The first-order valence-corrected chi connectivity index (χ1v) is 8.84. The molecule has 0 fully saturated rings. The molecule has 0 aliphatic carbocycles. The standard InChI is InChI=1S/C18H23N7O4/c1-2-21-18(27)29-11-28-14-6-4-3-5-12(14)24-25-13-7-8-15(23-17(13)20)22-16(26)9-10-19/h3-8H,2,9-11,19H2,1H3,(H,21,27)(H3,20,22,23,26). The molecule has 29 heavy (non-hydrogen) atoms. The number of hydrogen-bond donors (Lipinski definition) is 4. The average molecular weight is 401 g/mol. The highest BCUT2D eigenvalue weighted by molar-refractivity contribution is 5.90. The first-order chi connectivity index (χ1) is 14.0. The van der Waals surface area contributed by atoms with Crippen LogP contribution in [-0.2, 0) is 9.53 Å². The van der Waals surface area contributed by atoms with Crippen LogP contribution in [0.25, 0.3) is 0 Å². The van der Waals surface area contributed by atoms with Crippen LogP contribution in [0, 0.1) is 0 Å². The van der Waals surface area contributed by atoms with Crippen LogP contribution in [0.1, 0.15) is 13.3 Å². The topological polar surface area (TPSA) is 166 Å². The first-order valence-electron chi connectivity index (χ1n) is 8.84. The van der Waals surface area contributed by atoms with Crippen molar-refractivity contribution in [3.63, 3.8) is 0 Å². The number of nitrogens with zero attached hydrogens (tertiary/aromatic N) is 3. The van der Waals surface area contributed by atoms with Crippen LogP contribution in [0.5, 0.6) is 5.75 Å². The third-order valence-electron chi connectivity index (χ3n) is 3.40. The number of anilines is 2. The van der Waals surface area contributed by atoms with Gasteiger partial charge in [-0.1, -0.05) is 12.1 Å². The molecule has 0 radical (unpaired) electrons. The van der Waals surface area contributed by atoms with E-state index >= 15 is 0 Å². The van der Waals surface area contributed by atoms with Gasteiger partial charge in [-0.25, -0.2) is 9.78 Å². The Morgan fingerprint density at radius 1 is 1.14 bits per heavy atom. The molecule has 0 atom stereocenters. The molecule has 2 amide bonds. The zero-order valence-corrected chi connectivity index (χ0v) is 15.9. The van der Waals surface area contributed by atoms with Gasteiger partial charge in [-0.15, -0.1) is 10.2 Å². The number of alkyl carbamates (subject to hydrolysis) is 1. The van der Waals surface area contributed by atoms with Crippen molar-refractivity contribution < 1.29 is 19.1 Å². The Balaban J connectivity index is 2.04. The van der Waals surface area contributed by atoms with Crippen LogP contribution >= 0.6 is 0 Å². The fourth-order valence-electron chi connectivity index (χ4n) is 2.07. The van der Waals surface area contributed by atoms with Crippen LogP contribution < -0.4 is 26.8 Å². The molecule has 0 spiro atoms. The monoisotopic (exact) mass is 401 g/mol. The number of carbonyl (C=O) groups is 2. The van der Waals surface area contributed by atoms with Crippen molar-refractivity contribution in [2.24, 2.45) is 16.0 Å². The summed E-state index contributed by atoms with van der Waals surface area (Å²) in [5.41, 5.74) is 11.9. The number of nitrogens with one attached hydrogen (secondary N) is 2. The quantitative estimate of drug-likeness (QED) is 0.370. The molecule has 2 rings (SSSR count). The number of rotatable bonds is 9. The molecular formula is C18H23N7O4. The summed E-state index contributed by atoms with van der Waals surface area (Å²) in [6.45, 7) is 2.19. The normalized spacial score (nSPS) is 10.6. The fraction of sp³-hybridized carbons (Fsp3) is 0.278. The number of benzene rings is 1. The number of aromatic nitrogens is 1. The van der Waals surface area contributed by atoms with Crippen LogP contribution in [0.4, 0.5) is 27.8 Å². The summed E-state index contributed by atoms with van der Waals surface area (Å²) in [4.78, 5) is 26.9. The Labute approximate surface area is 167 Å². The lowest BCUT2D eigenvalue weighted by Crippen LogP contribution is -2.25. The number of para-hydroxylation sites is 1. The number of hydrogen-bond acceptors (Lipinski definition) is 9. The van der Waals surface area contributed by atoms with E-state index in [2.05, 4.69) is 25.8 Å². The number of ether oxygens (including phenoxy) is 2. The predicted octanol–water partition coefficient (Wildman–Crippen LogP) is 2.45.